The Morgan fingerprint density at radius 2 is 2.25 bits per heavy atom. The monoisotopic (exact) mass is 178 g/mol. The first-order chi connectivity index (χ1) is 5.60. The van der Waals surface area contributed by atoms with Crippen LogP contribution in [0.2, 0.25) is 0 Å². The Morgan fingerprint density at radius 1 is 1.58 bits per heavy atom. The van der Waals surface area contributed by atoms with Crippen molar-refractivity contribution in [3.8, 4) is 0 Å². The molecular formula is C8H16F2N2. The summed E-state index contributed by atoms with van der Waals surface area (Å²) in [5, 5.41) is 0. The summed E-state index contributed by atoms with van der Waals surface area (Å²) in [4.78, 5) is 1.97. The third-order valence-corrected chi connectivity index (χ3v) is 2.86. The minimum absolute atomic E-state index is 0.0833. The molecule has 0 aromatic rings. The van der Waals surface area contributed by atoms with Gasteiger partial charge in [0.1, 0.15) is 0 Å². The van der Waals surface area contributed by atoms with Crippen LogP contribution in [0.15, 0.2) is 0 Å². The number of nitrogens with two attached hydrogens (primary N) is 1. The summed E-state index contributed by atoms with van der Waals surface area (Å²) < 4.78 is 24.4. The molecule has 0 aromatic heterocycles. The number of hydrogen-bond acceptors (Lipinski definition) is 2. The van der Waals surface area contributed by atoms with Gasteiger partial charge in [0.05, 0.1) is 0 Å². The summed E-state index contributed by atoms with van der Waals surface area (Å²) in [6, 6.07) is 0. The van der Waals surface area contributed by atoms with E-state index in [1.54, 1.807) is 0 Å². The molecule has 1 rings (SSSR count). The molecule has 1 unspecified atom stereocenters. The van der Waals surface area contributed by atoms with Crippen molar-refractivity contribution in [1.82, 2.24) is 4.90 Å². The van der Waals surface area contributed by atoms with E-state index in [9.17, 15) is 8.78 Å². The van der Waals surface area contributed by atoms with Gasteiger partial charge in [-0.05, 0) is 26.4 Å². The molecule has 2 nitrogen and oxygen atoms in total. The lowest BCUT2D eigenvalue weighted by atomic mass is 9.93. The molecule has 0 spiro atoms. The van der Waals surface area contributed by atoms with Crippen molar-refractivity contribution < 1.29 is 8.78 Å². The number of halogens is 2. The average molecular weight is 178 g/mol. The fourth-order valence-corrected chi connectivity index (χ4v) is 1.96. The van der Waals surface area contributed by atoms with Crippen LogP contribution in [0.3, 0.4) is 0 Å². The van der Waals surface area contributed by atoms with Crippen molar-refractivity contribution in [2.75, 3.05) is 20.1 Å². The Kier molecular flexibility index (Phi) is 3.01. The molecule has 72 valence electrons. The molecule has 1 saturated heterocycles. The first-order valence-corrected chi connectivity index (χ1v) is 4.30. The quantitative estimate of drug-likeness (QED) is 0.700. The molecule has 1 aliphatic rings. The SMILES string of the molecule is CN1CCCC1(CN)CC(F)F. The van der Waals surface area contributed by atoms with E-state index in [0.29, 0.717) is 6.54 Å². The van der Waals surface area contributed by atoms with Crippen molar-refractivity contribution in [3.63, 3.8) is 0 Å². The first kappa shape index (κ1) is 9.86. The molecule has 1 heterocycles. The van der Waals surface area contributed by atoms with Gasteiger partial charge in [-0.1, -0.05) is 0 Å². The highest BCUT2D eigenvalue weighted by atomic mass is 19.3. The van der Waals surface area contributed by atoms with E-state index in [1.807, 2.05) is 11.9 Å². The van der Waals surface area contributed by atoms with Crippen LogP contribution in [0.1, 0.15) is 19.3 Å². The second-order valence-electron chi connectivity index (χ2n) is 3.55. The van der Waals surface area contributed by atoms with E-state index in [-0.39, 0.29) is 6.42 Å². The minimum atomic E-state index is -2.24. The average Bonchev–Trinajstić information content (AvgIpc) is 2.32. The van der Waals surface area contributed by atoms with Gasteiger partial charge >= 0.3 is 0 Å². The standard InChI is InChI=1S/C8H16F2N2/c1-12-4-2-3-8(12,6-11)5-7(9)10/h7H,2-6,11H2,1H3. The molecule has 1 atom stereocenters. The topological polar surface area (TPSA) is 29.3 Å². The van der Waals surface area contributed by atoms with Gasteiger partial charge in [0.25, 0.3) is 0 Å². The fourth-order valence-electron chi connectivity index (χ4n) is 1.96. The van der Waals surface area contributed by atoms with Gasteiger partial charge < -0.3 is 5.73 Å². The largest absolute Gasteiger partial charge is 0.329 e. The number of rotatable bonds is 3. The van der Waals surface area contributed by atoms with Crippen LogP contribution in [-0.2, 0) is 0 Å². The van der Waals surface area contributed by atoms with Gasteiger partial charge in [-0.15, -0.1) is 0 Å². The second-order valence-corrected chi connectivity index (χ2v) is 3.55. The molecule has 0 aromatic carbocycles. The zero-order valence-corrected chi connectivity index (χ0v) is 7.39. The fraction of sp³-hybridized carbons (Fsp3) is 1.00. The van der Waals surface area contributed by atoms with Gasteiger partial charge in [-0.3, -0.25) is 4.90 Å². The van der Waals surface area contributed by atoms with Crippen molar-refractivity contribution >= 4 is 0 Å². The van der Waals surface area contributed by atoms with Crippen molar-refractivity contribution in [1.29, 1.82) is 0 Å². The lowest BCUT2D eigenvalue weighted by Gasteiger charge is -2.34. The Morgan fingerprint density at radius 3 is 2.58 bits per heavy atom. The van der Waals surface area contributed by atoms with E-state index in [2.05, 4.69) is 0 Å². The Hall–Kier alpha value is -0.220. The summed E-state index contributed by atoms with van der Waals surface area (Å²) >= 11 is 0. The van der Waals surface area contributed by atoms with E-state index in [1.165, 1.54) is 0 Å². The molecule has 0 saturated carbocycles. The number of likely N-dealkylation sites (N-methyl/N-ethyl adjacent to an activating group) is 1. The molecule has 4 heteroatoms. The van der Waals surface area contributed by atoms with E-state index in [0.717, 1.165) is 19.4 Å². The Labute approximate surface area is 71.7 Å². The number of hydrogen-bond donors (Lipinski definition) is 1. The predicted molar refractivity (Wildman–Crippen MR) is 44.3 cm³/mol. The normalized spacial score (nSPS) is 31.8. The molecule has 2 N–H and O–H groups in total. The summed E-state index contributed by atoms with van der Waals surface area (Å²) in [5.41, 5.74) is 5.11. The maximum absolute atomic E-state index is 12.2. The molecule has 0 amide bonds. The van der Waals surface area contributed by atoms with E-state index in [4.69, 9.17) is 5.73 Å². The molecule has 0 radical (unpaired) electrons. The van der Waals surface area contributed by atoms with Crippen molar-refractivity contribution in [2.24, 2.45) is 5.73 Å². The van der Waals surface area contributed by atoms with Crippen molar-refractivity contribution in [2.45, 2.75) is 31.2 Å². The molecule has 1 aliphatic heterocycles. The Balaban J connectivity index is 2.61. The third kappa shape index (κ3) is 1.75. The number of alkyl halides is 2. The maximum atomic E-state index is 12.2. The summed E-state index contributed by atoms with van der Waals surface area (Å²) in [5.74, 6) is 0. The van der Waals surface area contributed by atoms with Crippen LogP contribution in [0.5, 0.6) is 0 Å². The second kappa shape index (κ2) is 3.66. The number of likely N-dealkylation sites (tertiary alicyclic amines) is 1. The van der Waals surface area contributed by atoms with Crippen LogP contribution in [0, 0.1) is 0 Å². The molecule has 0 bridgehead atoms. The van der Waals surface area contributed by atoms with Gasteiger partial charge in [-0.2, -0.15) is 0 Å². The van der Waals surface area contributed by atoms with Crippen LogP contribution < -0.4 is 5.73 Å². The number of nitrogens with zero attached hydrogens (tertiary/aromatic N) is 1. The molecule has 0 aliphatic carbocycles. The molecular weight excluding hydrogens is 162 g/mol. The highest BCUT2D eigenvalue weighted by Gasteiger charge is 2.39. The zero-order chi connectivity index (χ0) is 9.19. The van der Waals surface area contributed by atoms with Crippen LogP contribution in [0.25, 0.3) is 0 Å². The van der Waals surface area contributed by atoms with Gasteiger partial charge in [0.2, 0.25) is 6.43 Å². The molecule has 1 fully saturated rings. The van der Waals surface area contributed by atoms with Crippen LogP contribution >= 0.6 is 0 Å². The summed E-state index contributed by atoms with van der Waals surface area (Å²) in [6.07, 6.45) is -0.529. The lowest BCUT2D eigenvalue weighted by Crippen LogP contribution is -2.48. The highest BCUT2D eigenvalue weighted by molar-refractivity contribution is 4.95. The smallest absolute Gasteiger partial charge is 0.240 e. The lowest BCUT2D eigenvalue weighted by molar-refractivity contribution is 0.0564. The van der Waals surface area contributed by atoms with Gasteiger partial charge in [0.15, 0.2) is 0 Å². The van der Waals surface area contributed by atoms with Crippen LogP contribution in [0.4, 0.5) is 8.78 Å². The maximum Gasteiger partial charge on any atom is 0.240 e. The third-order valence-electron chi connectivity index (χ3n) is 2.86. The van der Waals surface area contributed by atoms with Gasteiger partial charge in [0, 0.05) is 18.5 Å². The highest BCUT2D eigenvalue weighted by Crippen LogP contribution is 2.32. The van der Waals surface area contributed by atoms with Crippen molar-refractivity contribution in [3.05, 3.63) is 0 Å². The predicted octanol–water partition coefficient (Wildman–Crippen LogP) is 1.06. The first-order valence-electron chi connectivity index (χ1n) is 4.30. The minimum Gasteiger partial charge on any atom is -0.329 e. The summed E-state index contributed by atoms with van der Waals surface area (Å²) in [7, 11) is 1.88. The Bertz CT molecular complexity index is 152. The zero-order valence-electron chi connectivity index (χ0n) is 7.39. The van der Waals surface area contributed by atoms with Gasteiger partial charge in [-0.25, -0.2) is 8.78 Å². The van der Waals surface area contributed by atoms with E-state index >= 15 is 0 Å². The molecule has 12 heavy (non-hydrogen) atoms. The van der Waals surface area contributed by atoms with Crippen LogP contribution in [-0.4, -0.2) is 37.0 Å². The summed E-state index contributed by atoms with van der Waals surface area (Å²) in [6.45, 7) is 1.23. The van der Waals surface area contributed by atoms with E-state index < -0.39 is 12.0 Å².